The minimum absolute atomic E-state index is 0.155. The highest BCUT2D eigenvalue weighted by molar-refractivity contribution is 5.86. The summed E-state index contributed by atoms with van der Waals surface area (Å²) in [7, 11) is 0. The number of carbonyl (C=O) groups is 1. The molecule has 0 bridgehead atoms. The first-order valence-electron chi connectivity index (χ1n) is 8.63. The SMILES string of the molecule is Cc1ccc2[nH]cc([C@H]3CCCC(=O)N3Cc3ccccc3)c2c1. The molecule has 24 heavy (non-hydrogen) atoms. The summed E-state index contributed by atoms with van der Waals surface area (Å²) in [4.78, 5) is 18.1. The number of hydrogen-bond donors (Lipinski definition) is 1. The summed E-state index contributed by atoms with van der Waals surface area (Å²) < 4.78 is 0. The number of nitrogens with zero attached hydrogens (tertiary/aromatic N) is 1. The van der Waals surface area contributed by atoms with Crippen molar-refractivity contribution < 1.29 is 4.79 Å². The molecule has 122 valence electrons. The van der Waals surface area contributed by atoms with Crippen LogP contribution in [0.15, 0.2) is 54.7 Å². The van der Waals surface area contributed by atoms with Gasteiger partial charge in [0, 0.05) is 30.1 Å². The molecular formula is C21H22N2O. The van der Waals surface area contributed by atoms with Gasteiger partial charge in [-0.1, -0.05) is 42.0 Å². The molecule has 3 nitrogen and oxygen atoms in total. The van der Waals surface area contributed by atoms with Gasteiger partial charge in [0.25, 0.3) is 0 Å². The molecule has 1 aliphatic rings. The number of amides is 1. The van der Waals surface area contributed by atoms with Crippen molar-refractivity contribution in [2.45, 2.75) is 38.8 Å². The Bertz CT molecular complexity index is 866. The first-order valence-corrected chi connectivity index (χ1v) is 8.63. The van der Waals surface area contributed by atoms with E-state index < -0.39 is 0 Å². The zero-order valence-electron chi connectivity index (χ0n) is 14.0. The van der Waals surface area contributed by atoms with E-state index in [2.05, 4.69) is 53.3 Å². The second-order valence-corrected chi connectivity index (χ2v) is 6.71. The van der Waals surface area contributed by atoms with Crippen LogP contribution in [-0.4, -0.2) is 15.8 Å². The number of rotatable bonds is 3. The van der Waals surface area contributed by atoms with Crippen molar-refractivity contribution in [1.82, 2.24) is 9.88 Å². The fourth-order valence-electron chi connectivity index (χ4n) is 3.75. The van der Waals surface area contributed by atoms with E-state index in [4.69, 9.17) is 0 Å². The van der Waals surface area contributed by atoms with Crippen LogP contribution in [0.4, 0.5) is 0 Å². The summed E-state index contributed by atoms with van der Waals surface area (Å²) >= 11 is 0. The van der Waals surface area contributed by atoms with E-state index in [-0.39, 0.29) is 11.9 Å². The molecule has 4 rings (SSSR count). The fourth-order valence-corrected chi connectivity index (χ4v) is 3.75. The molecule has 3 heteroatoms. The highest BCUT2D eigenvalue weighted by atomic mass is 16.2. The van der Waals surface area contributed by atoms with Gasteiger partial charge in [-0.25, -0.2) is 0 Å². The number of hydrogen-bond acceptors (Lipinski definition) is 1. The standard InChI is InChI=1S/C21H22N2O/c1-15-10-11-19-17(12-15)18(13-22-19)20-8-5-9-21(24)23(20)14-16-6-3-2-4-7-16/h2-4,6-7,10-13,20,22H,5,8-9,14H2,1H3/t20-/m1/s1. The van der Waals surface area contributed by atoms with Crippen LogP contribution in [0, 0.1) is 6.92 Å². The molecule has 1 fully saturated rings. The van der Waals surface area contributed by atoms with Gasteiger partial charge < -0.3 is 9.88 Å². The van der Waals surface area contributed by atoms with Gasteiger partial charge in [0.15, 0.2) is 0 Å². The molecule has 1 atom stereocenters. The Labute approximate surface area is 142 Å². The Hall–Kier alpha value is -2.55. The number of benzene rings is 2. The number of carbonyl (C=O) groups excluding carboxylic acids is 1. The second kappa shape index (κ2) is 6.16. The molecule has 1 aromatic heterocycles. The maximum atomic E-state index is 12.6. The van der Waals surface area contributed by atoms with Gasteiger partial charge in [-0.05, 0) is 43.0 Å². The Morgan fingerprint density at radius 3 is 2.83 bits per heavy atom. The average Bonchev–Trinajstić information content (AvgIpc) is 3.00. The molecule has 0 spiro atoms. The molecule has 0 aliphatic carbocycles. The summed E-state index contributed by atoms with van der Waals surface area (Å²) in [5.74, 6) is 0.261. The van der Waals surface area contributed by atoms with Crippen LogP contribution in [0.3, 0.4) is 0 Å². The van der Waals surface area contributed by atoms with Crippen molar-refractivity contribution in [2.24, 2.45) is 0 Å². The number of piperidine rings is 1. The van der Waals surface area contributed by atoms with Crippen LogP contribution in [-0.2, 0) is 11.3 Å². The van der Waals surface area contributed by atoms with Gasteiger partial charge in [0.05, 0.1) is 6.04 Å². The molecule has 1 saturated heterocycles. The largest absolute Gasteiger partial charge is 0.361 e. The third kappa shape index (κ3) is 2.71. The van der Waals surface area contributed by atoms with E-state index >= 15 is 0 Å². The Balaban J connectivity index is 1.73. The number of nitrogens with one attached hydrogen (secondary N) is 1. The third-order valence-electron chi connectivity index (χ3n) is 4.99. The van der Waals surface area contributed by atoms with Crippen LogP contribution in [0.1, 0.15) is 42.0 Å². The van der Waals surface area contributed by atoms with Crippen molar-refractivity contribution in [3.8, 4) is 0 Å². The lowest BCUT2D eigenvalue weighted by Crippen LogP contribution is -2.37. The van der Waals surface area contributed by atoms with Gasteiger partial charge in [0.2, 0.25) is 5.91 Å². The van der Waals surface area contributed by atoms with E-state index in [0.29, 0.717) is 13.0 Å². The summed E-state index contributed by atoms with van der Waals surface area (Å²) in [6.45, 7) is 2.80. The average molecular weight is 318 g/mol. The van der Waals surface area contributed by atoms with Gasteiger partial charge >= 0.3 is 0 Å². The summed E-state index contributed by atoms with van der Waals surface area (Å²) in [5.41, 5.74) is 4.83. The first-order chi connectivity index (χ1) is 11.7. The maximum Gasteiger partial charge on any atom is 0.223 e. The van der Waals surface area contributed by atoms with Crippen molar-refractivity contribution in [3.63, 3.8) is 0 Å². The van der Waals surface area contributed by atoms with E-state index in [1.165, 1.54) is 22.1 Å². The molecule has 0 radical (unpaired) electrons. The zero-order valence-corrected chi connectivity index (χ0v) is 14.0. The van der Waals surface area contributed by atoms with Crippen LogP contribution in [0.25, 0.3) is 10.9 Å². The van der Waals surface area contributed by atoms with Crippen molar-refractivity contribution in [1.29, 1.82) is 0 Å². The molecular weight excluding hydrogens is 296 g/mol. The molecule has 0 unspecified atom stereocenters. The summed E-state index contributed by atoms with van der Waals surface area (Å²) in [6.07, 6.45) is 4.74. The van der Waals surface area contributed by atoms with E-state index in [1.54, 1.807) is 0 Å². The normalized spacial score (nSPS) is 18.3. The molecule has 3 aromatic rings. The Morgan fingerprint density at radius 2 is 2.00 bits per heavy atom. The number of aromatic amines is 1. The van der Waals surface area contributed by atoms with Crippen LogP contribution in [0.5, 0.6) is 0 Å². The van der Waals surface area contributed by atoms with Crippen LogP contribution < -0.4 is 0 Å². The van der Waals surface area contributed by atoms with E-state index in [1.807, 2.05) is 18.2 Å². The number of aromatic nitrogens is 1. The second-order valence-electron chi connectivity index (χ2n) is 6.71. The van der Waals surface area contributed by atoms with Crippen LogP contribution >= 0.6 is 0 Å². The molecule has 1 aliphatic heterocycles. The Morgan fingerprint density at radius 1 is 1.17 bits per heavy atom. The van der Waals surface area contributed by atoms with E-state index in [9.17, 15) is 4.79 Å². The quantitative estimate of drug-likeness (QED) is 0.744. The lowest BCUT2D eigenvalue weighted by Gasteiger charge is -2.36. The maximum absolute atomic E-state index is 12.6. The van der Waals surface area contributed by atoms with Gasteiger partial charge in [0.1, 0.15) is 0 Å². The summed E-state index contributed by atoms with van der Waals surface area (Å²) in [6, 6.07) is 16.9. The predicted octanol–water partition coefficient (Wildman–Crippen LogP) is 4.73. The molecule has 1 amide bonds. The lowest BCUT2D eigenvalue weighted by molar-refractivity contribution is -0.137. The Kier molecular flexibility index (Phi) is 3.85. The minimum Gasteiger partial charge on any atom is -0.361 e. The monoisotopic (exact) mass is 318 g/mol. The van der Waals surface area contributed by atoms with E-state index in [0.717, 1.165) is 18.4 Å². The fraction of sp³-hybridized carbons (Fsp3) is 0.286. The van der Waals surface area contributed by atoms with Gasteiger partial charge in [-0.15, -0.1) is 0 Å². The molecule has 2 aromatic carbocycles. The van der Waals surface area contributed by atoms with Gasteiger partial charge in [-0.2, -0.15) is 0 Å². The number of aryl methyl sites for hydroxylation is 1. The summed E-state index contributed by atoms with van der Waals surface area (Å²) in [5, 5.41) is 1.24. The molecule has 2 heterocycles. The predicted molar refractivity (Wildman–Crippen MR) is 96.6 cm³/mol. The van der Waals surface area contributed by atoms with Crippen molar-refractivity contribution in [3.05, 3.63) is 71.4 Å². The van der Waals surface area contributed by atoms with Crippen molar-refractivity contribution >= 4 is 16.8 Å². The third-order valence-corrected chi connectivity index (χ3v) is 4.99. The first kappa shape index (κ1) is 15.0. The topological polar surface area (TPSA) is 36.1 Å². The number of fused-ring (bicyclic) bond motifs is 1. The smallest absolute Gasteiger partial charge is 0.223 e. The lowest BCUT2D eigenvalue weighted by atomic mass is 9.93. The number of H-pyrrole nitrogens is 1. The van der Waals surface area contributed by atoms with Crippen molar-refractivity contribution in [2.75, 3.05) is 0 Å². The molecule has 0 saturated carbocycles. The minimum atomic E-state index is 0.155. The van der Waals surface area contributed by atoms with Crippen LogP contribution in [0.2, 0.25) is 0 Å². The molecule has 1 N–H and O–H groups in total. The highest BCUT2D eigenvalue weighted by Gasteiger charge is 2.30. The highest BCUT2D eigenvalue weighted by Crippen LogP contribution is 2.36. The number of likely N-dealkylation sites (tertiary alicyclic amines) is 1. The van der Waals surface area contributed by atoms with Gasteiger partial charge in [-0.3, -0.25) is 4.79 Å². The zero-order chi connectivity index (χ0) is 16.5.